The zero-order valence-corrected chi connectivity index (χ0v) is 12.4. The number of nitrogens with zero attached hydrogens (tertiary/aromatic N) is 2. The zero-order valence-electron chi connectivity index (χ0n) is 11.5. The molecule has 1 aromatic rings. The van der Waals surface area contributed by atoms with Gasteiger partial charge in [0.05, 0.1) is 6.42 Å². The summed E-state index contributed by atoms with van der Waals surface area (Å²) in [6.45, 7) is 7.09. The molecule has 0 aromatic heterocycles. The van der Waals surface area contributed by atoms with Crippen molar-refractivity contribution in [3.63, 3.8) is 0 Å². The molecule has 1 amide bonds. The van der Waals surface area contributed by atoms with Crippen LogP contribution in [0.4, 0.5) is 0 Å². The molecule has 0 spiro atoms. The molecular weight excluding hydrogens is 256 g/mol. The highest BCUT2D eigenvalue weighted by atomic mass is 32.1. The van der Waals surface area contributed by atoms with Gasteiger partial charge in [-0.3, -0.25) is 9.69 Å². The first-order valence-corrected chi connectivity index (χ1v) is 7.42. The average molecular weight is 278 g/mol. The molecule has 4 heteroatoms. The third-order valence-electron chi connectivity index (χ3n) is 3.56. The molecule has 1 heterocycles. The zero-order chi connectivity index (χ0) is 13.7. The second kappa shape index (κ2) is 6.96. The number of amides is 1. The predicted octanol–water partition coefficient (Wildman–Crippen LogP) is 2.07. The summed E-state index contributed by atoms with van der Waals surface area (Å²) in [6, 6.07) is 7.83. The number of piperazine rings is 1. The number of carbonyl (C=O) groups is 1. The summed E-state index contributed by atoms with van der Waals surface area (Å²) in [4.78, 5) is 17.6. The van der Waals surface area contributed by atoms with Crippen molar-refractivity contribution < 1.29 is 4.79 Å². The minimum Gasteiger partial charge on any atom is -0.340 e. The van der Waals surface area contributed by atoms with Crippen LogP contribution in [0.2, 0.25) is 0 Å². The largest absolute Gasteiger partial charge is 0.340 e. The number of benzene rings is 1. The van der Waals surface area contributed by atoms with Gasteiger partial charge in [-0.2, -0.15) is 0 Å². The van der Waals surface area contributed by atoms with Crippen LogP contribution in [-0.4, -0.2) is 48.4 Å². The topological polar surface area (TPSA) is 23.6 Å². The van der Waals surface area contributed by atoms with Gasteiger partial charge in [0.1, 0.15) is 0 Å². The summed E-state index contributed by atoms with van der Waals surface area (Å²) in [5, 5.41) is 0. The second-order valence-electron chi connectivity index (χ2n) is 5.07. The third kappa shape index (κ3) is 4.25. The number of rotatable bonds is 4. The van der Waals surface area contributed by atoms with Crippen molar-refractivity contribution in [2.75, 3.05) is 32.7 Å². The highest BCUT2D eigenvalue weighted by molar-refractivity contribution is 7.80. The maximum Gasteiger partial charge on any atom is 0.227 e. The lowest BCUT2D eigenvalue weighted by Gasteiger charge is -2.34. The standard InChI is InChI=1S/C15H22N2OS/c1-2-7-16-8-10-17(11-9-16)15(18)12-13-3-5-14(19)6-4-13/h3-6,19H,2,7-12H2,1H3. The van der Waals surface area contributed by atoms with Crippen LogP contribution in [0.15, 0.2) is 29.2 Å². The van der Waals surface area contributed by atoms with E-state index >= 15 is 0 Å². The highest BCUT2D eigenvalue weighted by Crippen LogP contribution is 2.10. The molecule has 0 aliphatic carbocycles. The molecule has 0 radical (unpaired) electrons. The van der Waals surface area contributed by atoms with E-state index < -0.39 is 0 Å². The summed E-state index contributed by atoms with van der Waals surface area (Å²) in [7, 11) is 0. The lowest BCUT2D eigenvalue weighted by molar-refractivity contribution is -0.132. The maximum absolute atomic E-state index is 12.2. The van der Waals surface area contributed by atoms with Gasteiger partial charge in [-0.1, -0.05) is 19.1 Å². The van der Waals surface area contributed by atoms with E-state index in [1.54, 1.807) is 0 Å². The first-order valence-electron chi connectivity index (χ1n) is 6.97. The lowest BCUT2D eigenvalue weighted by Crippen LogP contribution is -2.49. The molecule has 2 rings (SSSR count). The third-order valence-corrected chi connectivity index (χ3v) is 3.85. The van der Waals surface area contributed by atoms with Gasteiger partial charge in [0.15, 0.2) is 0 Å². The summed E-state index contributed by atoms with van der Waals surface area (Å²) in [5.74, 6) is 0.239. The van der Waals surface area contributed by atoms with Gasteiger partial charge in [-0.15, -0.1) is 12.6 Å². The van der Waals surface area contributed by atoms with Crippen LogP contribution >= 0.6 is 12.6 Å². The van der Waals surface area contributed by atoms with Gasteiger partial charge in [0, 0.05) is 31.1 Å². The first kappa shape index (κ1) is 14.4. The maximum atomic E-state index is 12.2. The van der Waals surface area contributed by atoms with E-state index in [9.17, 15) is 4.79 Å². The lowest BCUT2D eigenvalue weighted by atomic mass is 10.1. The second-order valence-corrected chi connectivity index (χ2v) is 5.58. The Labute approximate surface area is 121 Å². The molecule has 1 aliphatic rings. The van der Waals surface area contributed by atoms with Crippen LogP contribution in [0.25, 0.3) is 0 Å². The molecule has 0 N–H and O–H groups in total. The minimum absolute atomic E-state index is 0.239. The first-order chi connectivity index (χ1) is 9.19. The average Bonchev–Trinajstić information content (AvgIpc) is 2.42. The molecule has 104 valence electrons. The van der Waals surface area contributed by atoms with Crippen LogP contribution in [0.5, 0.6) is 0 Å². The van der Waals surface area contributed by atoms with E-state index in [0.29, 0.717) is 6.42 Å². The quantitative estimate of drug-likeness (QED) is 0.852. The Bertz CT molecular complexity index is 411. The normalized spacial score (nSPS) is 16.6. The fourth-order valence-electron chi connectivity index (χ4n) is 2.44. The summed E-state index contributed by atoms with van der Waals surface area (Å²) in [6.07, 6.45) is 1.69. The Kier molecular flexibility index (Phi) is 5.28. The van der Waals surface area contributed by atoms with Crippen LogP contribution in [0.3, 0.4) is 0 Å². The molecule has 1 aliphatic heterocycles. The number of hydrogen-bond acceptors (Lipinski definition) is 3. The highest BCUT2D eigenvalue weighted by Gasteiger charge is 2.20. The Morgan fingerprint density at radius 2 is 1.79 bits per heavy atom. The molecule has 1 aromatic carbocycles. The Hall–Kier alpha value is -1.00. The SMILES string of the molecule is CCCN1CCN(C(=O)Cc2ccc(S)cc2)CC1. The van der Waals surface area contributed by atoms with E-state index in [-0.39, 0.29) is 5.91 Å². The molecule has 19 heavy (non-hydrogen) atoms. The van der Waals surface area contributed by atoms with Gasteiger partial charge in [0.25, 0.3) is 0 Å². The molecule has 0 atom stereocenters. The van der Waals surface area contributed by atoms with E-state index in [4.69, 9.17) is 0 Å². The Morgan fingerprint density at radius 3 is 2.37 bits per heavy atom. The molecular formula is C15H22N2OS. The van der Waals surface area contributed by atoms with E-state index in [1.165, 1.54) is 6.42 Å². The van der Waals surface area contributed by atoms with Crippen LogP contribution in [0, 0.1) is 0 Å². The predicted molar refractivity (Wildman–Crippen MR) is 80.7 cm³/mol. The van der Waals surface area contributed by atoms with Crippen molar-refractivity contribution in [3.05, 3.63) is 29.8 Å². The molecule has 0 bridgehead atoms. The summed E-state index contributed by atoms with van der Waals surface area (Å²) in [5.41, 5.74) is 1.07. The van der Waals surface area contributed by atoms with Gasteiger partial charge in [0.2, 0.25) is 5.91 Å². The number of hydrogen-bond donors (Lipinski definition) is 1. The minimum atomic E-state index is 0.239. The monoisotopic (exact) mass is 278 g/mol. The van der Waals surface area contributed by atoms with Crippen molar-refractivity contribution in [2.45, 2.75) is 24.7 Å². The fourth-order valence-corrected chi connectivity index (χ4v) is 2.59. The van der Waals surface area contributed by atoms with Crippen molar-refractivity contribution in [3.8, 4) is 0 Å². The van der Waals surface area contributed by atoms with Crippen molar-refractivity contribution in [1.82, 2.24) is 9.80 Å². The van der Waals surface area contributed by atoms with Crippen molar-refractivity contribution in [1.29, 1.82) is 0 Å². The number of thiol groups is 1. The van der Waals surface area contributed by atoms with E-state index in [1.807, 2.05) is 29.2 Å². The van der Waals surface area contributed by atoms with Gasteiger partial charge in [-0.05, 0) is 30.7 Å². The van der Waals surface area contributed by atoms with Gasteiger partial charge in [-0.25, -0.2) is 0 Å². The summed E-state index contributed by atoms with van der Waals surface area (Å²) < 4.78 is 0. The number of carbonyl (C=O) groups excluding carboxylic acids is 1. The van der Waals surface area contributed by atoms with Crippen LogP contribution in [0.1, 0.15) is 18.9 Å². The van der Waals surface area contributed by atoms with Crippen molar-refractivity contribution >= 4 is 18.5 Å². The van der Waals surface area contributed by atoms with Crippen LogP contribution < -0.4 is 0 Å². The van der Waals surface area contributed by atoms with E-state index in [2.05, 4.69) is 24.5 Å². The summed E-state index contributed by atoms with van der Waals surface area (Å²) >= 11 is 4.25. The van der Waals surface area contributed by atoms with Gasteiger partial charge >= 0.3 is 0 Å². The molecule has 0 saturated carbocycles. The molecule has 1 saturated heterocycles. The molecule has 1 fully saturated rings. The van der Waals surface area contributed by atoms with Crippen molar-refractivity contribution in [2.24, 2.45) is 0 Å². The van der Waals surface area contributed by atoms with Gasteiger partial charge < -0.3 is 4.90 Å². The van der Waals surface area contributed by atoms with E-state index in [0.717, 1.165) is 43.2 Å². The smallest absolute Gasteiger partial charge is 0.227 e. The van der Waals surface area contributed by atoms with Crippen LogP contribution in [-0.2, 0) is 11.2 Å². The molecule has 3 nitrogen and oxygen atoms in total. The molecule has 0 unspecified atom stereocenters. The Morgan fingerprint density at radius 1 is 1.16 bits per heavy atom. The Balaban J connectivity index is 1.83. The fraction of sp³-hybridized carbons (Fsp3) is 0.533.